The number of aliphatic imine (C=N–C) groups is 1. The van der Waals surface area contributed by atoms with Crippen LogP contribution >= 0.6 is 0 Å². The van der Waals surface area contributed by atoms with E-state index in [1.165, 1.54) is 12.5 Å². The third kappa shape index (κ3) is 22.0. The molecule has 2 aromatic carbocycles. The van der Waals surface area contributed by atoms with Crippen LogP contribution in [0.25, 0.3) is 10.9 Å². The number of nitrogens with zero attached hydrogens (tertiary/aromatic N) is 4. The molecule has 0 spiro atoms. The number of carbonyl (C=O) groups is 12. The van der Waals surface area contributed by atoms with Crippen molar-refractivity contribution in [1.29, 1.82) is 0 Å². The number of guanidine groups is 1. The fourth-order valence-electron chi connectivity index (χ4n) is 11.9. The number of hydrogen-bond acceptors (Lipinski definition) is 19. The van der Waals surface area contributed by atoms with Crippen molar-refractivity contribution in [2.45, 2.75) is 183 Å². The van der Waals surface area contributed by atoms with Gasteiger partial charge < -0.3 is 99.7 Å². The molecule has 5 heterocycles. The second kappa shape index (κ2) is 36.9. The lowest BCUT2D eigenvalue weighted by Gasteiger charge is -2.32. The molecular formula is C64H90N18O16. The van der Waals surface area contributed by atoms with E-state index in [4.69, 9.17) is 22.0 Å². The van der Waals surface area contributed by atoms with Crippen LogP contribution in [-0.2, 0) is 81.6 Å². The van der Waals surface area contributed by atoms with Gasteiger partial charge in [0, 0.05) is 101 Å². The van der Waals surface area contributed by atoms with Gasteiger partial charge in [-0.05, 0) is 62.1 Å². The lowest BCUT2D eigenvalue weighted by Crippen LogP contribution is -2.60. The highest BCUT2D eigenvalue weighted by Gasteiger charge is 2.46. The van der Waals surface area contributed by atoms with Gasteiger partial charge >= 0.3 is 5.97 Å². The zero-order valence-corrected chi connectivity index (χ0v) is 54.7. The summed E-state index contributed by atoms with van der Waals surface area (Å²) in [6.07, 6.45) is 0.714. The summed E-state index contributed by atoms with van der Waals surface area (Å²) in [6, 6.07) is 1.08. The maximum atomic E-state index is 15.2. The molecule has 34 nitrogen and oxygen atoms in total. The predicted molar refractivity (Wildman–Crippen MR) is 351 cm³/mol. The number of hydroxylamine groups is 1. The van der Waals surface area contributed by atoms with Gasteiger partial charge in [0.25, 0.3) is 0 Å². The summed E-state index contributed by atoms with van der Waals surface area (Å²) in [5.41, 5.74) is 21.9. The minimum Gasteiger partial charge on any atom is -0.394 e. The Kier molecular flexibility index (Phi) is 28.4. The number of nitrogens with one attached hydrogen (secondary N) is 11. The number of H-pyrrole nitrogens is 2. The van der Waals surface area contributed by atoms with Crippen molar-refractivity contribution in [1.82, 2.24) is 72.8 Å². The van der Waals surface area contributed by atoms with Crippen molar-refractivity contribution >= 4 is 87.8 Å². The van der Waals surface area contributed by atoms with E-state index in [2.05, 4.69) is 68.0 Å². The second-order valence-corrected chi connectivity index (χ2v) is 24.6. The molecule has 3 aliphatic rings. The largest absolute Gasteiger partial charge is 0.394 e. The molecule has 0 radical (unpaired) electrons. The number of β-amino-alcohol motifs (C(OH)–C–C–N with tert-alkyl or cyclic N) is 1. The molecule has 12 atom stereocenters. The summed E-state index contributed by atoms with van der Waals surface area (Å²) in [5.74, 6) is -10.8. The van der Waals surface area contributed by atoms with E-state index in [1.807, 2.05) is 18.2 Å². The Morgan fingerprint density at radius 1 is 0.755 bits per heavy atom. The van der Waals surface area contributed by atoms with Crippen molar-refractivity contribution in [3.63, 3.8) is 0 Å². The highest BCUT2D eigenvalue weighted by Crippen LogP contribution is 2.25. The summed E-state index contributed by atoms with van der Waals surface area (Å²) < 4.78 is 0. The highest BCUT2D eigenvalue weighted by atomic mass is 16.7. The van der Waals surface area contributed by atoms with Crippen LogP contribution in [0.1, 0.15) is 108 Å². The number of likely N-dealkylation sites (tertiary alicyclic amines) is 1. The first-order chi connectivity index (χ1) is 46.9. The van der Waals surface area contributed by atoms with Gasteiger partial charge in [0.1, 0.15) is 60.4 Å². The first kappa shape index (κ1) is 75.3. The van der Waals surface area contributed by atoms with E-state index < -0.39 is 176 Å². The number of imidazole rings is 1. The van der Waals surface area contributed by atoms with E-state index >= 15 is 4.79 Å². The standard InChI is InChI=1S/C64H90N18O16/c1-3-4-16-44(76-60(94)51-27-40(86)32-82(51)63(97)49(26-38-30-68-34-71-38)80-59(93)50(33-83)73-35(2)84)55(89)77-46-20-21-53(87)98-72-23-11-10-18-43(54(65)88)74-58(92)48(25-37-29-70-42-17-9-8-15-41(37)42)78-56(90)45(19-12-22-69-64(66)67)75-57(91)47(24-36-13-6-5-7-14-36)79-61(95)52-28-39(85)31-81(52)62(46)96/h5-9,13-15,17,29-30,34,39-40,43-52,70,72,83,85-86H,3-4,10-12,16,18-28,31-33H2,1-2H3,(H2,65,88)(H,68,71)(H,73,84)(H,74,92)(H,75,91)(H,76,94)(H,77,89)(H,78,90)(H,79,95)(H,80,93)(H4,66,67,69)/t39?,40?,43-,44-,45-,46-,47+,48-,49-,50-,51-,52-/m0/s1. The number of para-hydroxylation sites is 1. The topological polar surface area (TPSA) is 524 Å². The van der Waals surface area contributed by atoms with Gasteiger partial charge in [-0.3, -0.25) is 62.5 Å². The number of amides is 11. The Labute approximate surface area is 564 Å². The molecular weight excluding hydrogens is 1280 g/mol. The Bertz CT molecular complexity index is 3460. The number of carbonyl (C=O) groups excluding carboxylic acids is 12. The van der Waals surface area contributed by atoms with E-state index in [0.717, 1.165) is 27.6 Å². The summed E-state index contributed by atoms with van der Waals surface area (Å²) >= 11 is 0. The van der Waals surface area contributed by atoms with E-state index in [-0.39, 0.29) is 89.7 Å². The Morgan fingerprint density at radius 3 is 2.15 bits per heavy atom. The third-order valence-electron chi connectivity index (χ3n) is 17.0. The number of aromatic nitrogens is 3. The summed E-state index contributed by atoms with van der Waals surface area (Å²) in [5, 5.41) is 54.0. The van der Waals surface area contributed by atoms with Crippen molar-refractivity contribution < 1.29 is 77.7 Å². The molecule has 98 heavy (non-hydrogen) atoms. The fraction of sp³-hybridized carbons (Fsp3) is 0.531. The number of fused-ring (bicyclic) bond motifs is 2. The van der Waals surface area contributed by atoms with Gasteiger partial charge in [-0.1, -0.05) is 68.3 Å². The van der Waals surface area contributed by atoms with Crippen molar-refractivity contribution in [2.24, 2.45) is 22.2 Å². The third-order valence-corrected chi connectivity index (χ3v) is 17.0. The Hall–Kier alpha value is -10.1. The van der Waals surface area contributed by atoms with Gasteiger partial charge in [-0.15, -0.1) is 0 Å². The Morgan fingerprint density at radius 2 is 1.45 bits per heavy atom. The van der Waals surface area contributed by atoms with Gasteiger partial charge in [0.2, 0.25) is 65.0 Å². The molecule has 0 bridgehead atoms. The summed E-state index contributed by atoms with van der Waals surface area (Å²) in [7, 11) is 0. The number of primary amides is 1. The molecule has 34 heteroatoms. The maximum absolute atomic E-state index is 15.2. The lowest BCUT2D eigenvalue weighted by molar-refractivity contribution is -0.152. The predicted octanol–water partition coefficient (Wildman–Crippen LogP) is -4.53. The number of aromatic amines is 2. The van der Waals surface area contributed by atoms with Crippen LogP contribution in [0.15, 0.2) is 78.3 Å². The number of benzene rings is 2. The molecule has 3 saturated heterocycles. The molecule has 2 unspecified atom stereocenters. The van der Waals surface area contributed by atoms with Crippen LogP contribution in [0.3, 0.4) is 0 Å². The quantitative estimate of drug-likeness (QED) is 0.0189. The minimum absolute atomic E-state index is 0.00177. The van der Waals surface area contributed by atoms with Crippen molar-refractivity contribution in [3.8, 4) is 0 Å². The molecule has 20 N–H and O–H groups in total. The van der Waals surface area contributed by atoms with Crippen LogP contribution in [0.5, 0.6) is 0 Å². The average molecular weight is 1370 g/mol. The van der Waals surface area contributed by atoms with Crippen LogP contribution in [0.4, 0.5) is 0 Å². The molecule has 11 amide bonds. The maximum Gasteiger partial charge on any atom is 0.324 e. The summed E-state index contributed by atoms with van der Waals surface area (Å²) in [4.78, 5) is 191. The number of aliphatic hydroxyl groups is 3. The monoisotopic (exact) mass is 1370 g/mol. The molecule has 2 aromatic heterocycles. The average Bonchev–Trinajstić information content (AvgIpc) is 1.66. The normalized spacial score (nSPS) is 23.5. The smallest absolute Gasteiger partial charge is 0.324 e. The van der Waals surface area contributed by atoms with Gasteiger partial charge in [-0.2, -0.15) is 5.48 Å². The number of unbranched alkanes of at least 4 members (excludes halogenated alkanes) is 1. The zero-order chi connectivity index (χ0) is 71.0. The van der Waals surface area contributed by atoms with Gasteiger partial charge in [0.15, 0.2) is 5.96 Å². The number of hydrogen-bond donors (Lipinski definition) is 17. The molecule has 0 saturated carbocycles. The highest BCUT2D eigenvalue weighted by molar-refractivity contribution is 6.00. The Balaban J connectivity index is 1.18. The fourth-order valence-corrected chi connectivity index (χ4v) is 11.9. The molecule has 532 valence electrons. The SMILES string of the molecule is CCCC[C@H](NC(=O)[C@@H]1CC(O)CN1C(=O)[C@H](Cc1cnc[nH]1)NC(=O)[C@H](CO)NC(C)=O)C(=O)N[C@H]1CCC(=O)ONCCCC[C@@H](C(N)=O)NC(=O)[C@H](Cc2c[nH]c3ccccc23)NC(=O)[C@H](CCCN=C(N)N)NC(=O)[C@@H](Cc2ccccc2)NC(=O)[C@@H]2CC(O)CN2C1=O. The van der Waals surface area contributed by atoms with E-state index in [9.17, 15) is 68.1 Å². The molecule has 0 aliphatic carbocycles. The van der Waals surface area contributed by atoms with Crippen molar-refractivity contribution in [3.05, 3.63) is 90.1 Å². The van der Waals surface area contributed by atoms with E-state index in [1.54, 1.807) is 49.5 Å². The van der Waals surface area contributed by atoms with Crippen LogP contribution in [0.2, 0.25) is 0 Å². The van der Waals surface area contributed by atoms with Crippen molar-refractivity contribution in [2.75, 3.05) is 32.8 Å². The molecule has 4 aromatic rings. The molecule has 3 aliphatic heterocycles. The first-order valence-corrected chi connectivity index (χ1v) is 32.7. The van der Waals surface area contributed by atoms with Gasteiger partial charge in [0.05, 0.1) is 25.1 Å². The first-order valence-electron chi connectivity index (χ1n) is 32.7. The molecule has 3 fully saturated rings. The second-order valence-electron chi connectivity index (χ2n) is 24.6. The zero-order valence-electron chi connectivity index (χ0n) is 54.7. The van der Waals surface area contributed by atoms with Crippen LogP contribution in [0, 0.1) is 0 Å². The van der Waals surface area contributed by atoms with E-state index in [0.29, 0.717) is 29.7 Å². The van der Waals surface area contributed by atoms with Crippen LogP contribution in [-0.4, -0.2) is 222 Å². The number of nitrogens with two attached hydrogens (primary N) is 3. The number of aliphatic hydroxyl groups excluding tert-OH is 3. The lowest BCUT2D eigenvalue weighted by atomic mass is 10.0. The summed E-state index contributed by atoms with van der Waals surface area (Å²) in [6.45, 7) is 1.24. The number of rotatable bonds is 23. The molecule has 7 rings (SSSR count). The van der Waals surface area contributed by atoms with Gasteiger partial charge in [-0.25, -0.2) is 4.98 Å². The minimum atomic E-state index is -1.69. The van der Waals surface area contributed by atoms with Crippen LogP contribution < -0.4 is 65.2 Å².